The maximum absolute atomic E-state index is 12.1. The summed E-state index contributed by atoms with van der Waals surface area (Å²) in [6.07, 6.45) is 0. The third-order valence-corrected chi connectivity index (χ3v) is 5.92. The fourth-order valence-electron chi connectivity index (χ4n) is 1.54. The smallest absolute Gasteiger partial charge is 0.246 e. The molecular formula is C10H11BrN2O3S2. The Morgan fingerprint density at radius 1 is 1.50 bits per heavy atom. The van der Waals surface area contributed by atoms with Gasteiger partial charge in [-0.2, -0.15) is 0 Å². The lowest BCUT2D eigenvalue weighted by Gasteiger charge is -2.05. The maximum Gasteiger partial charge on any atom is 0.246 e. The van der Waals surface area contributed by atoms with Crippen molar-refractivity contribution in [2.75, 3.05) is 0 Å². The lowest BCUT2D eigenvalue weighted by Crippen LogP contribution is -2.23. The average Bonchev–Trinajstić information content (AvgIpc) is 2.83. The van der Waals surface area contributed by atoms with Crippen molar-refractivity contribution in [2.45, 2.75) is 25.3 Å². The number of aromatic nitrogens is 1. The third kappa shape index (κ3) is 2.66. The molecule has 0 saturated carbocycles. The number of hydrogen-bond acceptors (Lipinski definition) is 5. The number of halogens is 1. The van der Waals surface area contributed by atoms with Crippen LogP contribution in [0.1, 0.15) is 16.3 Å². The molecule has 8 heteroatoms. The van der Waals surface area contributed by atoms with Crippen molar-refractivity contribution in [1.29, 1.82) is 0 Å². The first-order valence-corrected chi connectivity index (χ1v) is 8.22. The average molecular weight is 351 g/mol. The summed E-state index contributed by atoms with van der Waals surface area (Å²) < 4.78 is 32.5. The predicted molar refractivity (Wildman–Crippen MR) is 72.0 cm³/mol. The molecule has 1 N–H and O–H groups in total. The van der Waals surface area contributed by atoms with E-state index in [1.807, 2.05) is 11.4 Å². The molecule has 0 radical (unpaired) electrons. The first kappa shape index (κ1) is 13.7. The highest BCUT2D eigenvalue weighted by Gasteiger charge is 2.24. The van der Waals surface area contributed by atoms with Crippen molar-refractivity contribution in [2.24, 2.45) is 0 Å². The van der Waals surface area contributed by atoms with E-state index in [2.05, 4.69) is 25.8 Å². The first-order chi connectivity index (χ1) is 8.42. The number of thiophene rings is 1. The molecular weight excluding hydrogens is 340 g/mol. The van der Waals surface area contributed by atoms with E-state index in [4.69, 9.17) is 4.52 Å². The zero-order valence-electron chi connectivity index (χ0n) is 9.73. The van der Waals surface area contributed by atoms with Gasteiger partial charge in [0.2, 0.25) is 10.0 Å². The zero-order valence-corrected chi connectivity index (χ0v) is 12.9. The third-order valence-electron chi connectivity index (χ3n) is 2.35. The Kier molecular flexibility index (Phi) is 3.90. The van der Waals surface area contributed by atoms with E-state index in [1.165, 1.54) is 11.3 Å². The van der Waals surface area contributed by atoms with Gasteiger partial charge in [-0.1, -0.05) is 5.16 Å². The van der Waals surface area contributed by atoms with Crippen LogP contribution < -0.4 is 4.72 Å². The monoisotopic (exact) mass is 350 g/mol. The van der Waals surface area contributed by atoms with Crippen LogP contribution in [0.3, 0.4) is 0 Å². The molecule has 0 aromatic carbocycles. The van der Waals surface area contributed by atoms with Gasteiger partial charge < -0.3 is 4.52 Å². The van der Waals surface area contributed by atoms with Crippen LogP contribution >= 0.6 is 27.3 Å². The zero-order chi connectivity index (χ0) is 13.3. The molecule has 2 heterocycles. The molecule has 5 nitrogen and oxygen atoms in total. The summed E-state index contributed by atoms with van der Waals surface area (Å²) >= 11 is 4.84. The Labute approximate surface area is 117 Å². The highest BCUT2D eigenvalue weighted by atomic mass is 79.9. The maximum atomic E-state index is 12.1. The molecule has 98 valence electrons. The molecule has 0 aliphatic rings. The summed E-state index contributed by atoms with van der Waals surface area (Å²) in [6.45, 7) is 3.42. The molecule has 0 amide bonds. The van der Waals surface area contributed by atoms with Crippen molar-refractivity contribution < 1.29 is 12.9 Å². The van der Waals surface area contributed by atoms with Gasteiger partial charge >= 0.3 is 0 Å². The summed E-state index contributed by atoms with van der Waals surface area (Å²) in [5, 5.41) is 5.54. The second-order valence-electron chi connectivity index (χ2n) is 3.67. The Morgan fingerprint density at radius 3 is 2.72 bits per heavy atom. The second-order valence-corrected chi connectivity index (χ2v) is 7.23. The molecule has 2 aromatic heterocycles. The molecule has 18 heavy (non-hydrogen) atoms. The standard InChI is InChI=1S/C10H11BrN2O3S2/c1-6-10(7(2)16-13-6)18(14,15)12-5-9-8(11)3-4-17-9/h3-4,12H,5H2,1-2H3. The van der Waals surface area contributed by atoms with E-state index in [0.29, 0.717) is 11.5 Å². The molecule has 0 aliphatic carbocycles. The molecule has 2 rings (SSSR count). The van der Waals surface area contributed by atoms with Crippen LogP contribution in [0.2, 0.25) is 0 Å². The molecule has 2 aromatic rings. The highest BCUT2D eigenvalue weighted by Crippen LogP contribution is 2.24. The van der Waals surface area contributed by atoms with Crippen LogP contribution in [-0.2, 0) is 16.6 Å². The Hall–Kier alpha value is -0.700. The van der Waals surface area contributed by atoms with Crippen LogP contribution in [0.4, 0.5) is 0 Å². The number of hydrogen-bond donors (Lipinski definition) is 1. The first-order valence-electron chi connectivity index (χ1n) is 5.06. The van der Waals surface area contributed by atoms with Crippen molar-refractivity contribution in [3.8, 4) is 0 Å². The second kappa shape index (κ2) is 5.12. The number of nitrogens with one attached hydrogen (secondary N) is 1. The summed E-state index contributed by atoms with van der Waals surface area (Å²) in [4.78, 5) is 1.04. The van der Waals surface area contributed by atoms with Crippen LogP contribution in [-0.4, -0.2) is 13.6 Å². The summed E-state index contributed by atoms with van der Waals surface area (Å²) in [5.74, 6) is 0.297. The Bertz CT molecular complexity index is 641. The normalized spacial score (nSPS) is 11.9. The quantitative estimate of drug-likeness (QED) is 0.919. The Balaban J connectivity index is 2.21. The fourth-order valence-corrected chi connectivity index (χ4v) is 4.39. The lowest BCUT2D eigenvalue weighted by molar-refractivity contribution is 0.390. The molecule has 0 aliphatic heterocycles. The van der Waals surface area contributed by atoms with Gasteiger partial charge in [-0.25, -0.2) is 13.1 Å². The van der Waals surface area contributed by atoms with Crippen LogP contribution in [0, 0.1) is 13.8 Å². The molecule has 0 spiro atoms. The SMILES string of the molecule is Cc1noc(C)c1S(=O)(=O)NCc1sccc1Br. The minimum atomic E-state index is -3.59. The predicted octanol–water partition coefficient (Wildman–Crippen LogP) is 2.59. The van der Waals surface area contributed by atoms with Crippen molar-refractivity contribution in [3.05, 3.63) is 32.3 Å². The van der Waals surface area contributed by atoms with Gasteiger partial charge in [-0.05, 0) is 41.2 Å². The minimum absolute atomic E-state index is 0.121. The van der Waals surface area contributed by atoms with Crippen LogP contribution in [0.25, 0.3) is 0 Å². The topological polar surface area (TPSA) is 72.2 Å². The number of aryl methyl sites for hydroxylation is 2. The highest BCUT2D eigenvalue weighted by molar-refractivity contribution is 9.10. The Morgan fingerprint density at radius 2 is 2.22 bits per heavy atom. The van der Waals surface area contributed by atoms with Gasteiger partial charge in [0.15, 0.2) is 5.76 Å². The van der Waals surface area contributed by atoms with Gasteiger partial charge in [0, 0.05) is 15.9 Å². The van der Waals surface area contributed by atoms with Gasteiger partial charge in [-0.15, -0.1) is 11.3 Å². The van der Waals surface area contributed by atoms with Crippen molar-refractivity contribution in [1.82, 2.24) is 9.88 Å². The van der Waals surface area contributed by atoms with E-state index in [-0.39, 0.29) is 11.4 Å². The minimum Gasteiger partial charge on any atom is -0.360 e. The summed E-state index contributed by atoms with van der Waals surface area (Å²) in [5.41, 5.74) is 0.366. The molecule has 0 atom stereocenters. The molecule has 0 unspecified atom stereocenters. The van der Waals surface area contributed by atoms with Gasteiger partial charge in [0.05, 0.1) is 0 Å². The summed E-state index contributed by atoms with van der Waals surface area (Å²) in [6, 6.07) is 1.88. The van der Waals surface area contributed by atoms with Crippen LogP contribution in [0.5, 0.6) is 0 Å². The summed E-state index contributed by atoms with van der Waals surface area (Å²) in [7, 11) is -3.59. The number of rotatable bonds is 4. The van der Waals surface area contributed by atoms with Gasteiger partial charge in [0.25, 0.3) is 0 Å². The number of sulfonamides is 1. The van der Waals surface area contributed by atoms with Gasteiger partial charge in [0.1, 0.15) is 10.6 Å². The van der Waals surface area contributed by atoms with E-state index >= 15 is 0 Å². The van der Waals surface area contributed by atoms with E-state index in [9.17, 15) is 8.42 Å². The molecule has 0 bridgehead atoms. The largest absolute Gasteiger partial charge is 0.360 e. The van der Waals surface area contributed by atoms with E-state index < -0.39 is 10.0 Å². The van der Waals surface area contributed by atoms with Crippen molar-refractivity contribution >= 4 is 37.3 Å². The van der Waals surface area contributed by atoms with Crippen LogP contribution in [0.15, 0.2) is 25.3 Å². The molecule has 0 fully saturated rings. The van der Waals surface area contributed by atoms with E-state index in [1.54, 1.807) is 13.8 Å². The van der Waals surface area contributed by atoms with Gasteiger partial charge in [-0.3, -0.25) is 0 Å². The van der Waals surface area contributed by atoms with E-state index in [0.717, 1.165) is 9.35 Å². The fraction of sp³-hybridized carbons (Fsp3) is 0.300. The number of nitrogens with zero attached hydrogens (tertiary/aromatic N) is 1. The van der Waals surface area contributed by atoms with Crippen molar-refractivity contribution in [3.63, 3.8) is 0 Å². The molecule has 0 saturated heterocycles. The lowest BCUT2D eigenvalue weighted by atomic mass is 10.4.